The number of piperidine rings is 1. The van der Waals surface area contributed by atoms with E-state index in [1.165, 1.54) is 32.5 Å². The van der Waals surface area contributed by atoms with Gasteiger partial charge in [-0.3, -0.25) is 0 Å². The average molecular weight is 273 g/mol. The highest BCUT2D eigenvalue weighted by Crippen LogP contribution is 2.21. The highest BCUT2D eigenvalue weighted by Gasteiger charge is 2.20. The number of anilines is 1. The van der Waals surface area contributed by atoms with Crippen molar-refractivity contribution in [2.45, 2.75) is 32.7 Å². The highest BCUT2D eigenvalue weighted by molar-refractivity contribution is 5.86. The topological polar surface area (TPSA) is 56.8 Å². The van der Waals surface area contributed by atoms with Crippen molar-refractivity contribution in [1.82, 2.24) is 19.9 Å². The summed E-state index contributed by atoms with van der Waals surface area (Å²) < 4.78 is 0. The maximum Gasteiger partial charge on any atom is 0.142 e. The van der Waals surface area contributed by atoms with Crippen molar-refractivity contribution < 1.29 is 0 Å². The Labute approximate surface area is 119 Å². The lowest BCUT2D eigenvalue weighted by Crippen LogP contribution is -2.40. The molecule has 0 aromatic carbocycles. The number of nitrogens with one attached hydrogen (secondary N) is 2. The van der Waals surface area contributed by atoms with E-state index in [-0.39, 0.29) is 0 Å². The summed E-state index contributed by atoms with van der Waals surface area (Å²) in [6, 6.07) is 2.55. The van der Waals surface area contributed by atoms with E-state index in [4.69, 9.17) is 0 Å². The van der Waals surface area contributed by atoms with Crippen LogP contribution in [0.4, 0.5) is 5.82 Å². The number of rotatable bonds is 4. The molecule has 0 aliphatic carbocycles. The number of aromatic amines is 1. The van der Waals surface area contributed by atoms with E-state index >= 15 is 0 Å². The number of hydrogen-bond donors (Lipinski definition) is 2. The van der Waals surface area contributed by atoms with Gasteiger partial charge in [-0.25, -0.2) is 9.97 Å². The third-order valence-corrected chi connectivity index (χ3v) is 3.91. The first-order valence-corrected chi connectivity index (χ1v) is 7.49. The molecule has 1 saturated heterocycles. The number of aromatic nitrogens is 3. The van der Waals surface area contributed by atoms with Crippen molar-refractivity contribution in [1.29, 1.82) is 0 Å². The molecule has 0 amide bonds. The van der Waals surface area contributed by atoms with Crippen molar-refractivity contribution in [3.8, 4) is 0 Å². The molecule has 0 spiro atoms. The van der Waals surface area contributed by atoms with E-state index in [2.05, 4.69) is 39.0 Å². The number of H-pyrrole nitrogens is 1. The van der Waals surface area contributed by atoms with Gasteiger partial charge in [0.05, 0.1) is 5.39 Å². The molecule has 0 saturated carbocycles. The lowest BCUT2D eigenvalue weighted by atomic mass is 10.0. The molecular formula is C15H23N5. The van der Waals surface area contributed by atoms with Crippen LogP contribution in [0.5, 0.6) is 0 Å². The molecule has 0 atom stereocenters. The minimum absolute atomic E-state index is 0.520. The second kappa shape index (κ2) is 5.79. The Bertz CT molecular complexity index is 554. The minimum Gasteiger partial charge on any atom is -0.367 e. The summed E-state index contributed by atoms with van der Waals surface area (Å²) in [4.78, 5) is 14.3. The predicted molar refractivity (Wildman–Crippen MR) is 81.8 cm³/mol. The number of nitrogens with zero attached hydrogens (tertiary/aromatic N) is 3. The SMILES string of the molecule is CC(C)CN1CCC(Nc2ncnc3[nH]ccc23)CC1. The van der Waals surface area contributed by atoms with Gasteiger partial charge in [0.1, 0.15) is 17.8 Å². The van der Waals surface area contributed by atoms with Crippen molar-refractivity contribution in [3.63, 3.8) is 0 Å². The molecule has 0 bridgehead atoms. The van der Waals surface area contributed by atoms with E-state index in [1.807, 2.05) is 12.3 Å². The van der Waals surface area contributed by atoms with Gasteiger partial charge in [0.2, 0.25) is 0 Å². The van der Waals surface area contributed by atoms with Gasteiger partial charge in [-0.2, -0.15) is 0 Å². The standard InChI is InChI=1S/C15H23N5/c1-11(2)9-20-7-4-12(5-8-20)19-15-13-3-6-16-14(13)17-10-18-15/h3,6,10-12H,4-5,7-9H2,1-2H3,(H2,16,17,18,19). The molecule has 5 nitrogen and oxygen atoms in total. The third kappa shape index (κ3) is 2.93. The number of likely N-dealkylation sites (tertiary alicyclic amines) is 1. The lowest BCUT2D eigenvalue weighted by molar-refractivity contribution is 0.198. The van der Waals surface area contributed by atoms with Crippen LogP contribution in [-0.4, -0.2) is 45.5 Å². The van der Waals surface area contributed by atoms with Crippen molar-refractivity contribution in [2.24, 2.45) is 5.92 Å². The molecular weight excluding hydrogens is 250 g/mol. The molecule has 2 aromatic rings. The first-order chi connectivity index (χ1) is 9.72. The summed E-state index contributed by atoms with van der Waals surface area (Å²) >= 11 is 0. The Kier molecular flexibility index (Phi) is 3.87. The number of hydrogen-bond acceptors (Lipinski definition) is 4. The van der Waals surface area contributed by atoms with Gasteiger partial charge in [0.25, 0.3) is 0 Å². The molecule has 1 fully saturated rings. The molecule has 3 heterocycles. The normalized spacial score (nSPS) is 17.9. The smallest absolute Gasteiger partial charge is 0.142 e. The lowest BCUT2D eigenvalue weighted by Gasteiger charge is -2.33. The maximum absolute atomic E-state index is 4.38. The van der Waals surface area contributed by atoms with Crippen molar-refractivity contribution in [3.05, 3.63) is 18.6 Å². The van der Waals surface area contributed by atoms with E-state index < -0.39 is 0 Å². The van der Waals surface area contributed by atoms with Crippen LogP contribution < -0.4 is 5.32 Å². The van der Waals surface area contributed by atoms with Crippen molar-refractivity contribution in [2.75, 3.05) is 25.0 Å². The number of fused-ring (bicyclic) bond motifs is 1. The second-order valence-corrected chi connectivity index (χ2v) is 6.08. The summed E-state index contributed by atoms with van der Waals surface area (Å²) in [5.74, 6) is 1.71. The van der Waals surface area contributed by atoms with Gasteiger partial charge in [-0.1, -0.05) is 13.8 Å². The summed E-state index contributed by atoms with van der Waals surface area (Å²) in [5.41, 5.74) is 0.903. The van der Waals surface area contributed by atoms with Gasteiger partial charge in [-0.05, 0) is 24.8 Å². The molecule has 1 aliphatic heterocycles. The molecule has 2 N–H and O–H groups in total. The zero-order chi connectivity index (χ0) is 13.9. The van der Waals surface area contributed by atoms with E-state index in [1.54, 1.807) is 6.33 Å². The molecule has 1 aliphatic rings. The first kappa shape index (κ1) is 13.4. The van der Waals surface area contributed by atoms with Crippen LogP contribution in [0.25, 0.3) is 11.0 Å². The van der Waals surface area contributed by atoms with Crippen LogP contribution in [0.15, 0.2) is 18.6 Å². The van der Waals surface area contributed by atoms with Crippen LogP contribution in [-0.2, 0) is 0 Å². The monoisotopic (exact) mass is 273 g/mol. The molecule has 20 heavy (non-hydrogen) atoms. The third-order valence-electron chi connectivity index (χ3n) is 3.91. The quantitative estimate of drug-likeness (QED) is 0.898. The van der Waals surface area contributed by atoms with Crippen LogP contribution in [0, 0.1) is 5.92 Å². The predicted octanol–water partition coefficient (Wildman–Crippen LogP) is 2.49. The fraction of sp³-hybridized carbons (Fsp3) is 0.600. The highest BCUT2D eigenvalue weighted by atomic mass is 15.2. The van der Waals surface area contributed by atoms with Crippen molar-refractivity contribution >= 4 is 16.9 Å². The summed E-state index contributed by atoms with van der Waals surface area (Å²) in [5, 5.41) is 4.67. The van der Waals surface area contributed by atoms with E-state index in [0.717, 1.165) is 22.8 Å². The van der Waals surface area contributed by atoms with Crippen LogP contribution in [0.1, 0.15) is 26.7 Å². The molecule has 0 unspecified atom stereocenters. The Balaban J connectivity index is 1.61. The summed E-state index contributed by atoms with van der Waals surface area (Å²) in [6.07, 6.45) is 5.90. The summed E-state index contributed by atoms with van der Waals surface area (Å²) in [7, 11) is 0. The Morgan fingerprint density at radius 2 is 2.15 bits per heavy atom. The van der Waals surface area contributed by atoms with E-state index in [9.17, 15) is 0 Å². The van der Waals surface area contributed by atoms with Gasteiger partial charge < -0.3 is 15.2 Å². The van der Waals surface area contributed by atoms with Crippen LogP contribution >= 0.6 is 0 Å². The van der Waals surface area contributed by atoms with Gasteiger partial charge >= 0.3 is 0 Å². The maximum atomic E-state index is 4.38. The second-order valence-electron chi connectivity index (χ2n) is 6.08. The first-order valence-electron chi connectivity index (χ1n) is 7.49. The fourth-order valence-corrected chi connectivity index (χ4v) is 2.96. The average Bonchev–Trinajstić information content (AvgIpc) is 2.90. The molecule has 5 heteroatoms. The Morgan fingerprint density at radius 1 is 1.35 bits per heavy atom. The Morgan fingerprint density at radius 3 is 2.90 bits per heavy atom. The minimum atomic E-state index is 0.520. The molecule has 0 radical (unpaired) electrons. The fourth-order valence-electron chi connectivity index (χ4n) is 2.96. The summed E-state index contributed by atoms with van der Waals surface area (Å²) in [6.45, 7) is 8.14. The zero-order valence-corrected chi connectivity index (χ0v) is 12.3. The van der Waals surface area contributed by atoms with Crippen LogP contribution in [0.2, 0.25) is 0 Å². The van der Waals surface area contributed by atoms with E-state index in [0.29, 0.717) is 6.04 Å². The van der Waals surface area contributed by atoms with Gasteiger partial charge in [-0.15, -0.1) is 0 Å². The molecule has 2 aromatic heterocycles. The van der Waals surface area contributed by atoms with Crippen LogP contribution in [0.3, 0.4) is 0 Å². The molecule has 108 valence electrons. The van der Waals surface area contributed by atoms with Gasteiger partial charge in [0, 0.05) is 31.9 Å². The molecule has 3 rings (SSSR count). The largest absolute Gasteiger partial charge is 0.367 e. The van der Waals surface area contributed by atoms with Gasteiger partial charge in [0.15, 0.2) is 0 Å². The zero-order valence-electron chi connectivity index (χ0n) is 12.3. The Hall–Kier alpha value is -1.62.